The fourth-order valence-corrected chi connectivity index (χ4v) is 4.17. The van der Waals surface area contributed by atoms with Gasteiger partial charge in [-0.05, 0) is 24.7 Å². The zero-order valence-corrected chi connectivity index (χ0v) is 17.7. The number of benzene rings is 1. The average molecular weight is 429 g/mol. The van der Waals surface area contributed by atoms with E-state index in [0.29, 0.717) is 56.2 Å². The number of likely N-dealkylation sites (N-methyl/N-ethyl adjacent to an activating group) is 1. The van der Waals surface area contributed by atoms with Gasteiger partial charge in [0.25, 0.3) is 17.5 Å². The van der Waals surface area contributed by atoms with Crippen molar-refractivity contribution in [2.24, 2.45) is 0 Å². The number of hydrogen-bond donors (Lipinski definition) is 0. The van der Waals surface area contributed by atoms with E-state index in [1.807, 2.05) is 11.9 Å². The number of nitrogens with zero attached hydrogens (tertiary/aromatic N) is 5. The number of ether oxygens (including phenoxy) is 1. The van der Waals surface area contributed by atoms with E-state index < -0.39 is 4.92 Å². The van der Waals surface area contributed by atoms with Crippen molar-refractivity contribution in [3.05, 3.63) is 45.6 Å². The van der Waals surface area contributed by atoms with Crippen LogP contribution in [0.1, 0.15) is 5.56 Å². The topological polar surface area (TPSA) is 99.5 Å². The zero-order valence-electron chi connectivity index (χ0n) is 17.7. The summed E-state index contributed by atoms with van der Waals surface area (Å²) in [5.41, 5.74) is 1.23. The average Bonchev–Trinajstić information content (AvgIpc) is 3.03. The summed E-state index contributed by atoms with van der Waals surface area (Å²) in [4.78, 5) is 44.9. The number of nitro benzene ring substituents is 1. The molecule has 0 atom stereocenters. The van der Waals surface area contributed by atoms with Gasteiger partial charge in [0, 0.05) is 64.5 Å². The van der Waals surface area contributed by atoms with Gasteiger partial charge in [-0.1, -0.05) is 0 Å². The minimum absolute atomic E-state index is 0.0496. The zero-order chi connectivity index (χ0) is 22.0. The number of carbonyl (C=O) groups excluding carboxylic acids is 2. The van der Waals surface area contributed by atoms with E-state index in [0.717, 1.165) is 26.2 Å². The number of amides is 2. The van der Waals surface area contributed by atoms with Gasteiger partial charge in [-0.25, -0.2) is 0 Å². The van der Waals surface area contributed by atoms with Crippen molar-refractivity contribution in [2.75, 3.05) is 72.6 Å². The van der Waals surface area contributed by atoms with Crippen molar-refractivity contribution < 1.29 is 19.2 Å². The van der Waals surface area contributed by atoms with E-state index in [9.17, 15) is 19.7 Å². The molecule has 0 spiro atoms. The fourth-order valence-electron chi connectivity index (χ4n) is 4.17. The quantitative estimate of drug-likeness (QED) is 0.361. The van der Waals surface area contributed by atoms with Gasteiger partial charge in [-0.3, -0.25) is 29.5 Å². The Morgan fingerprint density at radius 1 is 0.935 bits per heavy atom. The van der Waals surface area contributed by atoms with Crippen molar-refractivity contribution >= 4 is 23.1 Å². The second-order valence-corrected chi connectivity index (χ2v) is 8.03. The lowest BCUT2D eigenvalue weighted by Gasteiger charge is -2.34. The molecule has 0 aromatic heterocycles. The number of morpholine rings is 1. The van der Waals surface area contributed by atoms with Crippen LogP contribution in [0.25, 0.3) is 5.57 Å². The first kappa shape index (κ1) is 21.4. The van der Waals surface area contributed by atoms with Gasteiger partial charge >= 0.3 is 0 Å². The Bertz CT molecular complexity index is 886. The number of carbonyl (C=O) groups is 2. The number of rotatable bonds is 6. The van der Waals surface area contributed by atoms with Crippen molar-refractivity contribution in [3.8, 4) is 0 Å². The second-order valence-electron chi connectivity index (χ2n) is 8.03. The molecule has 0 aliphatic carbocycles. The molecule has 31 heavy (non-hydrogen) atoms. The molecular formula is C21H27N5O5. The third kappa shape index (κ3) is 4.46. The third-order valence-corrected chi connectivity index (χ3v) is 6.07. The molecule has 3 aliphatic heterocycles. The van der Waals surface area contributed by atoms with E-state index in [4.69, 9.17) is 4.74 Å². The highest BCUT2D eigenvalue weighted by molar-refractivity contribution is 6.35. The Balaban J connectivity index is 1.61. The number of non-ortho nitro benzene ring substituents is 1. The minimum Gasteiger partial charge on any atom is -0.379 e. The monoisotopic (exact) mass is 429 g/mol. The van der Waals surface area contributed by atoms with E-state index in [1.165, 1.54) is 17.0 Å². The first-order valence-electron chi connectivity index (χ1n) is 10.5. The van der Waals surface area contributed by atoms with Gasteiger partial charge < -0.3 is 14.5 Å². The van der Waals surface area contributed by atoms with Crippen LogP contribution in [0, 0.1) is 10.1 Å². The standard InChI is InChI=1S/C21H27N5O5/c1-22-6-9-24(10-7-22)19-18(16-2-4-17(5-3-16)26(29)30)20(27)25(21(19)28)11-8-23-12-14-31-15-13-23/h2-5H,6-15H2,1H3. The maximum Gasteiger partial charge on any atom is 0.277 e. The summed E-state index contributed by atoms with van der Waals surface area (Å²) in [7, 11) is 2.03. The van der Waals surface area contributed by atoms with Gasteiger partial charge in [-0.15, -0.1) is 0 Å². The summed E-state index contributed by atoms with van der Waals surface area (Å²) in [6, 6.07) is 5.86. The SMILES string of the molecule is CN1CCN(C2=C(c3ccc([N+](=O)[O-])cc3)C(=O)N(CCN3CCOCC3)C2=O)CC1. The maximum atomic E-state index is 13.4. The van der Waals surface area contributed by atoms with Gasteiger partial charge in [0.2, 0.25) is 0 Å². The van der Waals surface area contributed by atoms with Gasteiger partial charge in [0.1, 0.15) is 5.70 Å². The predicted octanol–water partition coefficient (Wildman–Crippen LogP) is 0.254. The third-order valence-electron chi connectivity index (χ3n) is 6.07. The number of nitro groups is 1. The molecule has 10 heteroatoms. The normalized spacial score (nSPS) is 21.3. The smallest absolute Gasteiger partial charge is 0.277 e. The fraction of sp³-hybridized carbons (Fsp3) is 0.524. The minimum atomic E-state index is -0.476. The lowest BCUT2D eigenvalue weighted by Crippen LogP contribution is -2.47. The summed E-state index contributed by atoms with van der Waals surface area (Å²) < 4.78 is 5.36. The van der Waals surface area contributed by atoms with Crippen LogP contribution in [0.4, 0.5) is 5.69 Å². The van der Waals surface area contributed by atoms with E-state index in [2.05, 4.69) is 9.80 Å². The number of imide groups is 1. The van der Waals surface area contributed by atoms with E-state index in [-0.39, 0.29) is 17.5 Å². The molecule has 0 bridgehead atoms. The number of hydrogen-bond acceptors (Lipinski definition) is 8. The molecule has 0 N–H and O–H groups in total. The highest BCUT2D eigenvalue weighted by Gasteiger charge is 2.42. The molecule has 0 unspecified atom stereocenters. The summed E-state index contributed by atoms with van der Waals surface area (Å²) in [5, 5.41) is 11.0. The summed E-state index contributed by atoms with van der Waals surface area (Å²) in [5.74, 6) is -0.614. The van der Waals surface area contributed by atoms with Crippen LogP contribution in [0.5, 0.6) is 0 Å². The van der Waals surface area contributed by atoms with Crippen LogP contribution >= 0.6 is 0 Å². The van der Waals surface area contributed by atoms with Crippen molar-refractivity contribution in [1.29, 1.82) is 0 Å². The summed E-state index contributed by atoms with van der Waals surface area (Å²) in [6.07, 6.45) is 0. The Hall–Kier alpha value is -2.82. The molecule has 0 radical (unpaired) electrons. The Morgan fingerprint density at radius 3 is 2.19 bits per heavy atom. The van der Waals surface area contributed by atoms with Crippen molar-refractivity contribution in [1.82, 2.24) is 19.6 Å². The molecule has 4 rings (SSSR count). The Labute approximate surface area is 180 Å². The maximum absolute atomic E-state index is 13.4. The molecule has 3 heterocycles. The molecule has 2 amide bonds. The van der Waals surface area contributed by atoms with E-state index >= 15 is 0 Å². The van der Waals surface area contributed by atoms with Crippen LogP contribution in [0.3, 0.4) is 0 Å². The largest absolute Gasteiger partial charge is 0.379 e. The summed E-state index contributed by atoms with van der Waals surface area (Å²) in [6.45, 7) is 6.68. The van der Waals surface area contributed by atoms with Crippen molar-refractivity contribution in [3.63, 3.8) is 0 Å². The summed E-state index contributed by atoms with van der Waals surface area (Å²) >= 11 is 0. The van der Waals surface area contributed by atoms with Crippen LogP contribution in [0.15, 0.2) is 30.0 Å². The molecule has 166 valence electrons. The number of piperazine rings is 1. The molecule has 1 aromatic rings. The van der Waals surface area contributed by atoms with Crippen LogP contribution in [-0.4, -0.2) is 109 Å². The predicted molar refractivity (Wildman–Crippen MR) is 113 cm³/mol. The van der Waals surface area contributed by atoms with Crippen molar-refractivity contribution in [2.45, 2.75) is 0 Å². The van der Waals surface area contributed by atoms with Crippen LogP contribution < -0.4 is 0 Å². The molecule has 10 nitrogen and oxygen atoms in total. The molecule has 0 saturated carbocycles. The van der Waals surface area contributed by atoms with Gasteiger partial charge in [0.05, 0.1) is 23.7 Å². The molecule has 1 aromatic carbocycles. The molecule has 3 aliphatic rings. The first-order valence-corrected chi connectivity index (χ1v) is 10.5. The molecular weight excluding hydrogens is 402 g/mol. The first-order chi connectivity index (χ1) is 15.0. The van der Waals surface area contributed by atoms with Crippen LogP contribution in [0.2, 0.25) is 0 Å². The van der Waals surface area contributed by atoms with E-state index in [1.54, 1.807) is 12.1 Å². The van der Waals surface area contributed by atoms with Gasteiger partial charge in [-0.2, -0.15) is 0 Å². The highest BCUT2D eigenvalue weighted by Crippen LogP contribution is 2.33. The van der Waals surface area contributed by atoms with Crippen LogP contribution in [-0.2, 0) is 14.3 Å². The Morgan fingerprint density at radius 2 is 1.58 bits per heavy atom. The highest BCUT2D eigenvalue weighted by atomic mass is 16.6. The lowest BCUT2D eigenvalue weighted by atomic mass is 10.0. The van der Waals surface area contributed by atoms with Gasteiger partial charge in [0.15, 0.2) is 0 Å². The lowest BCUT2D eigenvalue weighted by molar-refractivity contribution is -0.384. The Kier molecular flexibility index (Phi) is 6.30. The molecule has 2 fully saturated rings. The molecule has 2 saturated heterocycles. The second kappa shape index (κ2) is 9.13.